The van der Waals surface area contributed by atoms with Crippen LogP contribution in [0.15, 0.2) is 47.8 Å². The molecule has 4 nitrogen and oxygen atoms in total. The molecular weight excluding hydrogens is 368 g/mol. The SMILES string of the molecule is COc1cccc(-c2nc(CN(C)[C@@H]3CCCc4ccccc43)cs2)c1OC. The molecule has 0 radical (unpaired) electrons. The number of rotatable bonds is 6. The number of methoxy groups -OCH3 is 2. The van der Waals surface area contributed by atoms with Crippen LogP contribution < -0.4 is 9.47 Å². The molecule has 3 aromatic rings. The van der Waals surface area contributed by atoms with E-state index in [4.69, 9.17) is 14.5 Å². The summed E-state index contributed by atoms with van der Waals surface area (Å²) >= 11 is 1.65. The Morgan fingerprint density at radius 1 is 1.11 bits per heavy atom. The van der Waals surface area contributed by atoms with Gasteiger partial charge in [-0.2, -0.15) is 0 Å². The maximum absolute atomic E-state index is 5.58. The van der Waals surface area contributed by atoms with Crippen LogP contribution in [0.2, 0.25) is 0 Å². The van der Waals surface area contributed by atoms with Gasteiger partial charge in [-0.1, -0.05) is 30.3 Å². The molecule has 1 aliphatic rings. The summed E-state index contributed by atoms with van der Waals surface area (Å²) in [6.07, 6.45) is 3.64. The first-order valence-electron chi connectivity index (χ1n) is 9.65. The van der Waals surface area contributed by atoms with Crippen molar-refractivity contribution in [1.82, 2.24) is 9.88 Å². The second-order valence-electron chi connectivity index (χ2n) is 7.21. The molecule has 0 N–H and O–H groups in total. The summed E-state index contributed by atoms with van der Waals surface area (Å²) < 4.78 is 11.0. The quantitative estimate of drug-likeness (QED) is 0.565. The van der Waals surface area contributed by atoms with Crippen LogP contribution in [0, 0.1) is 0 Å². The van der Waals surface area contributed by atoms with Crippen molar-refractivity contribution in [1.29, 1.82) is 0 Å². The highest BCUT2D eigenvalue weighted by Gasteiger charge is 2.24. The lowest BCUT2D eigenvalue weighted by molar-refractivity contribution is 0.211. The Kier molecular flexibility index (Phi) is 5.64. The predicted molar refractivity (Wildman–Crippen MR) is 114 cm³/mol. The fourth-order valence-electron chi connectivity index (χ4n) is 4.11. The van der Waals surface area contributed by atoms with Crippen molar-refractivity contribution in [2.75, 3.05) is 21.3 Å². The van der Waals surface area contributed by atoms with E-state index in [-0.39, 0.29) is 0 Å². The molecule has 28 heavy (non-hydrogen) atoms. The van der Waals surface area contributed by atoms with Crippen LogP contribution in [0.5, 0.6) is 11.5 Å². The van der Waals surface area contributed by atoms with Crippen molar-refractivity contribution in [3.8, 4) is 22.1 Å². The monoisotopic (exact) mass is 394 g/mol. The van der Waals surface area contributed by atoms with Gasteiger partial charge in [0.2, 0.25) is 0 Å². The van der Waals surface area contributed by atoms with Gasteiger partial charge >= 0.3 is 0 Å². The number of para-hydroxylation sites is 1. The minimum atomic E-state index is 0.460. The number of benzene rings is 2. The van der Waals surface area contributed by atoms with E-state index in [0.29, 0.717) is 6.04 Å². The number of aryl methyl sites for hydroxylation is 1. The summed E-state index contributed by atoms with van der Waals surface area (Å²) in [5, 5.41) is 3.11. The van der Waals surface area contributed by atoms with Crippen LogP contribution in [0.4, 0.5) is 0 Å². The molecule has 0 fully saturated rings. The smallest absolute Gasteiger partial charge is 0.170 e. The highest BCUT2D eigenvalue weighted by Crippen LogP contribution is 2.39. The molecule has 1 heterocycles. The number of ether oxygens (including phenoxy) is 2. The summed E-state index contributed by atoms with van der Waals surface area (Å²) in [6.45, 7) is 0.835. The summed E-state index contributed by atoms with van der Waals surface area (Å²) in [5.41, 5.74) is 5.03. The van der Waals surface area contributed by atoms with Crippen molar-refractivity contribution < 1.29 is 9.47 Å². The molecule has 0 spiro atoms. The second-order valence-corrected chi connectivity index (χ2v) is 8.07. The number of nitrogens with zero attached hydrogens (tertiary/aromatic N) is 2. The molecule has 0 saturated carbocycles. The standard InChI is InChI=1S/C23H26N2O2S/c1-25(20-12-6-9-16-8-4-5-10-18(16)20)14-17-15-28-23(24-17)19-11-7-13-21(26-2)22(19)27-3/h4-5,7-8,10-11,13,15,20H,6,9,12,14H2,1-3H3/t20-/m1/s1. The number of fused-ring (bicyclic) bond motifs is 1. The Bertz CT molecular complexity index is 953. The third-order valence-electron chi connectivity index (χ3n) is 5.47. The van der Waals surface area contributed by atoms with E-state index in [1.165, 1.54) is 30.4 Å². The summed E-state index contributed by atoms with van der Waals surface area (Å²) in [5.74, 6) is 1.47. The Morgan fingerprint density at radius 2 is 1.96 bits per heavy atom. The molecule has 0 bridgehead atoms. The number of thiazole rings is 1. The zero-order valence-corrected chi connectivity index (χ0v) is 17.5. The first kappa shape index (κ1) is 19.0. The summed E-state index contributed by atoms with van der Waals surface area (Å²) in [7, 11) is 5.54. The van der Waals surface area contributed by atoms with E-state index in [2.05, 4.69) is 41.6 Å². The first-order chi connectivity index (χ1) is 13.7. The van der Waals surface area contributed by atoms with E-state index in [1.54, 1.807) is 25.6 Å². The molecular formula is C23H26N2O2S. The maximum atomic E-state index is 5.58. The molecule has 0 unspecified atom stereocenters. The van der Waals surface area contributed by atoms with Crippen molar-refractivity contribution >= 4 is 11.3 Å². The van der Waals surface area contributed by atoms with Gasteiger partial charge in [0.25, 0.3) is 0 Å². The predicted octanol–water partition coefficient (Wildman–Crippen LogP) is 5.34. The van der Waals surface area contributed by atoms with Gasteiger partial charge in [-0.25, -0.2) is 4.98 Å². The molecule has 4 rings (SSSR count). The molecule has 146 valence electrons. The Morgan fingerprint density at radius 3 is 2.79 bits per heavy atom. The van der Waals surface area contributed by atoms with Crippen LogP contribution >= 0.6 is 11.3 Å². The molecule has 0 saturated heterocycles. The average molecular weight is 395 g/mol. The van der Waals surface area contributed by atoms with Crippen LogP contribution in [0.25, 0.3) is 10.6 Å². The van der Waals surface area contributed by atoms with Crippen molar-refractivity contribution in [3.05, 3.63) is 64.7 Å². The Labute approximate surface area is 170 Å². The van der Waals surface area contributed by atoms with Crippen molar-refractivity contribution in [2.24, 2.45) is 0 Å². The van der Waals surface area contributed by atoms with E-state index in [0.717, 1.165) is 34.3 Å². The Hall–Kier alpha value is -2.37. The lowest BCUT2D eigenvalue weighted by atomic mass is 9.87. The van der Waals surface area contributed by atoms with E-state index in [9.17, 15) is 0 Å². The minimum Gasteiger partial charge on any atom is -0.493 e. The average Bonchev–Trinajstić information content (AvgIpc) is 3.20. The zero-order valence-electron chi connectivity index (χ0n) is 16.6. The van der Waals surface area contributed by atoms with Gasteiger partial charge in [-0.05, 0) is 49.6 Å². The van der Waals surface area contributed by atoms with Crippen LogP contribution in [0.1, 0.15) is 35.7 Å². The van der Waals surface area contributed by atoms with Gasteiger partial charge < -0.3 is 9.47 Å². The van der Waals surface area contributed by atoms with E-state index < -0.39 is 0 Å². The van der Waals surface area contributed by atoms with Crippen molar-refractivity contribution in [2.45, 2.75) is 31.8 Å². The lowest BCUT2D eigenvalue weighted by Gasteiger charge is -2.32. The van der Waals surface area contributed by atoms with Crippen LogP contribution in [-0.2, 0) is 13.0 Å². The largest absolute Gasteiger partial charge is 0.493 e. The molecule has 0 aliphatic heterocycles. The van der Waals surface area contributed by atoms with Gasteiger partial charge in [0.1, 0.15) is 5.01 Å². The van der Waals surface area contributed by atoms with Gasteiger partial charge in [0.15, 0.2) is 11.5 Å². The van der Waals surface area contributed by atoms with E-state index in [1.807, 2.05) is 18.2 Å². The fraction of sp³-hybridized carbons (Fsp3) is 0.348. The molecule has 1 aromatic heterocycles. The van der Waals surface area contributed by atoms with Gasteiger partial charge in [-0.15, -0.1) is 11.3 Å². The normalized spacial score (nSPS) is 16.1. The highest BCUT2D eigenvalue weighted by molar-refractivity contribution is 7.13. The zero-order chi connectivity index (χ0) is 19.5. The van der Waals surface area contributed by atoms with Crippen LogP contribution in [-0.4, -0.2) is 31.2 Å². The number of hydrogen-bond acceptors (Lipinski definition) is 5. The van der Waals surface area contributed by atoms with Gasteiger partial charge in [0, 0.05) is 18.0 Å². The maximum Gasteiger partial charge on any atom is 0.170 e. The number of aromatic nitrogens is 1. The molecule has 0 amide bonds. The first-order valence-corrected chi connectivity index (χ1v) is 10.5. The van der Waals surface area contributed by atoms with Crippen molar-refractivity contribution in [3.63, 3.8) is 0 Å². The number of hydrogen-bond donors (Lipinski definition) is 0. The summed E-state index contributed by atoms with van der Waals surface area (Å²) in [6, 6.07) is 15.2. The summed E-state index contributed by atoms with van der Waals surface area (Å²) in [4.78, 5) is 7.33. The second kappa shape index (κ2) is 8.33. The van der Waals surface area contributed by atoms with E-state index >= 15 is 0 Å². The Balaban J connectivity index is 1.55. The fourth-order valence-corrected chi connectivity index (χ4v) is 4.94. The third-order valence-corrected chi connectivity index (χ3v) is 6.39. The van der Waals surface area contributed by atoms with Gasteiger partial charge in [0.05, 0.1) is 25.5 Å². The topological polar surface area (TPSA) is 34.6 Å². The molecule has 2 aromatic carbocycles. The van der Waals surface area contributed by atoms with Gasteiger partial charge in [-0.3, -0.25) is 4.90 Å². The third kappa shape index (κ3) is 3.64. The molecule has 5 heteroatoms. The lowest BCUT2D eigenvalue weighted by Crippen LogP contribution is -2.27. The van der Waals surface area contributed by atoms with Crippen LogP contribution in [0.3, 0.4) is 0 Å². The highest BCUT2D eigenvalue weighted by atomic mass is 32.1. The molecule has 1 aliphatic carbocycles. The minimum absolute atomic E-state index is 0.460. The molecule has 1 atom stereocenters.